The minimum atomic E-state index is -4.48. The maximum atomic E-state index is 13.6. The minimum absolute atomic E-state index is 0.0175. The third-order valence-corrected chi connectivity index (χ3v) is 6.81. The lowest BCUT2D eigenvalue weighted by molar-refractivity contribution is -0.138. The van der Waals surface area contributed by atoms with Crippen LogP contribution in [0, 0.1) is 5.92 Å². The highest BCUT2D eigenvalue weighted by atomic mass is 19.4. The maximum absolute atomic E-state index is 13.6. The number of likely N-dealkylation sites (N-methyl/N-ethyl adjacent to an activating group) is 1. The zero-order valence-electron chi connectivity index (χ0n) is 19.6. The van der Waals surface area contributed by atoms with Crippen molar-refractivity contribution < 1.29 is 18.0 Å². The number of benzene rings is 1. The van der Waals surface area contributed by atoms with Gasteiger partial charge in [0.2, 0.25) is 5.95 Å². The van der Waals surface area contributed by atoms with Crippen LogP contribution < -0.4 is 5.32 Å². The van der Waals surface area contributed by atoms with E-state index in [1.54, 1.807) is 24.3 Å². The van der Waals surface area contributed by atoms with Crippen molar-refractivity contribution in [2.24, 2.45) is 5.92 Å². The summed E-state index contributed by atoms with van der Waals surface area (Å²) in [6.07, 6.45) is 2.99. The second kappa shape index (κ2) is 10.7. The van der Waals surface area contributed by atoms with Crippen molar-refractivity contribution in [3.8, 4) is 0 Å². The number of hydrogen-bond acceptors (Lipinski definition) is 5. The normalized spacial score (nSPS) is 18.5. The molecule has 1 saturated heterocycles. The lowest BCUT2D eigenvalue weighted by Crippen LogP contribution is -2.47. The summed E-state index contributed by atoms with van der Waals surface area (Å²) < 4.78 is 40.8. The van der Waals surface area contributed by atoms with Crippen LogP contribution in [0.3, 0.4) is 0 Å². The van der Waals surface area contributed by atoms with E-state index in [-0.39, 0.29) is 23.5 Å². The summed E-state index contributed by atoms with van der Waals surface area (Å²) in [6, 6.07) is 6.91. The van der Waals surface area contributed by atoms with Crippen molar-refractivity contribution >= 4 is 17.5 Å². The summed E-state index contributed by atoms with van der Waals surface area (Å²) in [4.78, 5) is 24.9. The third-order valence-electron chi connectivity index (χ3n) is 6.81. The molecule has 1 aromatic carbocycles. The summed E-state index contributed by atoms with van der Waals surface area (Å²) in [7, 11) is 2.04. The van der Waals surface area contributed by atoms with Crippen molar-refractivity contribution in [2.45, 2.75) is 51.1 Å². The number of carbonyl (C=O) groups excluding carboxylic acids is 1. The molecule has 184 valence electrons. The van der Waals surface area contributed by atoms with Gasteiger partial charge in [0.25, 0.3) is 5.91 Å². The van der Waals surface area contributed by atoms with Crippen molar-refractivity contribution in [2.75, 3.05) is 38.5 Å². The number of alkyl halides is 3. The molecule has 0 bridgehead atoms. The first-order valence-electron chi connectivity index (χ1n) is 12.1. The summed E-state index contributed by atoms with van der Waals surface area (Å²) >= 11 is 0. The first kappa shape index (κ1) is 24.4. The average molecular weight is 476 g/mol. The molecule has 0 radical (unpaired) electrons. The molecule has 0 unspecified atom stereocenters. The molecular formula is C25H32F3N5O. The van der Waals surface area contributed by atoms with Crippen LogP contribution in [0.1, 0.15) is 60.1 Å². The molecule has 6 nitrogen and oxygen atoms in total. The van der Waals surface area contributed by atoms with Gasteiger partial charge >= 0.3 is 6.18 Å². The Balaban J connectivity index is 1.47. The molecule has 1 saturated carbocycles. The van der Waals surface area contributed by atoms with E-state index in [1.807, 2.05) is 11.9 Å². The number of nitrogens with one attached hydrogen (secondary N) is 1. The van der Waals surface area contributed by atoms with E-state index in [0.29, 0.717) is 30.8 Å². The molecule has 2 aromatic rings. The molecule has 2 heterocycles. The number of rotatable bonds is 5. The minimum Gasteiger partial charge on any atom is -0.336 e. The smallest absolute Gasteiger partial charge is 0.336 e. The Morgan fingerprint density at radius 3 is 2.29 bits per heavy atom. The van der Waals surface area contributed by atoms with Gasteiger partial charge in [-0.25, -0.2) is 9.97 Å². The Hall–Kier alpha value is -2.68. The van der Waals surface area contributed by atoms with Crippen molar-refractivity contribution in [3.05, 3.63) is 47.3 Å². The molecule has 1 aromatic heterocycles. The van der Waals surface area contributed by atoms with E-state index in [9.17, 15) is 18.0 Å². The van der Waals surface area contributed by atoms with Gasteiger partial charge in [-0.1, -0.05) is 38.5 Å². The predicted octanol–water partition coefficient (Wildman–Crippen LogP) is 5.14. The van der Waals surface area contributed by atoms with Crippen LogP contribution in [-0.4, -0.2) is 58.9 Å². The fourth-order valence-electron chi connectivity index (χ4n) is 4.73. The highest BCUT2D eigenvalue weighted by Gasteiger charge is 2.35. The highest BCUT2D eigenvalue weighted by Crippen LogP contribution is 2.34. The van der Waals surface area contributed by atoms with Crippen LogP contribution in [0.2, 0.25) is 0 Å². The fourth-order valence-corrected chi connectivity index (χ4v) is 4.73. The number of carbonyl (C=O) groups is 1. The highest BCUT2D eigenvalue weighted by molar-refractivity contribution is 5.94. The quantitative estimate of drug-likeness (QED) is 0.607. The molecule has 2 aliphatic rings. The second-order valence-corrected chi connectivity index (χ2v) is 9.41. The van der Waals surface area contributed by atoms with Gasteiger partial charge in [-0.05, 0) is 43.7 Å². The van der Waals surface area contributed by atoms with Gasteiger partial charge in [-0.3, -0.25) is 4.79 Å². The predicted molar refractivity (Wildman–Crippen MR) is 125 cm³/mol. The van der Waals surface area contributed by atoms with Gasteiger partial charge in [0.1, 0.15) is 0 Å². The number of amides is 1. The Bertz CT molecular complexity index is 964. The molecule has 4 rings (SSSR count). The first-order chi connectivity index (χ1) is 16.3. The van der Waals surface area contributed by atoms with Crippen molar-refractivity contribution in [1.82, 2.24) is 19.8 Å². The number of halogens is 3. The summed E-state index contributed by atoms with van der Waals surface area (Å²) in [6.45, 7) is 3.08. The zero-order valence-corrected chi connectivity index (χ0v) is 19.6. The number of hydrogen-bond donors (Lipinski definition) is 1. The summed E-state index contributed by atoms with van der Waals surface area (Å²) in [5.74, 6) is 0.331. The van der Waals surface area contributed by atoms with Crippen LogP contribution in [0.5, 0.6) is 0 Å². The van der Waals surface area contributed by atoms with Crippen LogP contribution in [-0.2, 0) is 12.6 Å². The summed E-state index contributed by atoms with van der Waals surface area (Å²) in [5, 5.41) is 3.00. The Labute approximate surface area is 198 Å². The lowest BCUT2D eigenvalue weighted by atomic mass is 9.93. The SMILES string of the molecule is CN1CCN(C(=O)c2ccc(Nc3ncc(C(F)(F)F)c(CC4CCCCCC4)n3)cc2)CC1. The van der Waals surface area contributed by atoms with Crippen molar-refractivity contribution in [3.63, 3.8) is 0 Å². The Kier molecular flexibility index (Phi) is 7.70. The topological polar surface area (TPSA) is 61.4 Å². The Morgan fingerprint density at radius 2 is 1.68 bits per heavy atom. The van der Waals surface area contributed by atoms with Crippen molar-refractivity contribution in [1.29, 1.82) is 0 Å². The number of piperazine rings is 1. The van der Waals surface area contributed by atoms with Crippen LogP contribution in [0.25, 0.3) is 0 Å². The standard InChI is InChI=1S/C25H32F3N5O/c1-32-12-14-33(15-13-32)23(34)19-8-10-20(11-9-19)30-24-29-17-21(25(26,27)28)22(31-24)16-18-6-4-2-3-5-7-18/h8-11,17-18H,2-7,12-16H2,1H3,(H,29,30,31). The molecule has 0 spiro atoms. The van der Waals surface area contributed by atoms with Gasteiger partial charge in [0, 0.05) is 43.6 Å². The Morgan fingerprint density at radius 1 is 1.03 bits per heavy atom. The molecule has 9 heteroatoms. The number of aromatic nitrogens is 2. The monoisotopic (exact) mass is 475 g/mol. The molecule has 34 heavy (non-hydrogen) atoms. The molecule has 2 fully saturated rings. The average Bonchev–Trinajstić information content (AvgIpc) is 3.08. The van der Waals surface area contributed by atoms with Crippen LogP contribution >= 0.6 is 0 Å². The molecular weight excluding hydrogens is 443 g/mol. The van der Waals surface area contributed by atoms with Crippen LogP contribution in [0.4, 0.5) is 24.8 Å². The van der Waals surface area contributed by atoms with E-state index in [1.165, 1.54) is 0 Å². The largest absolute Gasteiger partial charge is 0.419 e. The summed E-state index contributed by atoms with van der Waals surface area (Å²) in [5.41, 5.74) is 0.502. The second-order valence-electron chi connectivity index (χ2n) is 9.41. The van der Waals surface area contributed by atoms with Gasteiger partial charge in [-0.2, -0.15) is 13.2 Å². The molecule has 0 atom stereocenters. The fraction of sp³-hybridized carbons (Fsp3) is 0.560. The zero-order chi connectivity index (χ0) is 24.1. The lowest BCUT2D eigenvalue weighted by Gasteiger charge is -2.32. The number of nitrogens with zero attached hydrogens (tertiary/aromatic N) is 4. The van der Waals surface area contributed by atoms with Crippen LogP contribution in [0.15, 0.2) is 30.5 Å². The number of anilines is 2. The first-order valence-corrected chi connectivity index (χ1v) is 12.1. The van der Waals surface area contributed by atoms with E-state index >= 15 is 0 Å². The molecule has 1 aliphatic carbocycles. The van der Waals surface area contributed by atoms with E-state index < -0.39 is 11.7 Å². The van der Waals surface area contributed by atoms with E-state index in [4.69, 9.17) is 0 Å². The molecule has 1 aliphatic heterocycles. The van der Waals surface area contributed by atoms with E-state index in [0.717, 1.165) is 57.8 Å². The van der Waals surface area contributed by atoms with Gasteiger partial charge in [0.15, 0.2) is 0 Å². The van der Waals surface area contributed by atoms with E-state index in [2.05, 4.69) is 20.2 Å². The van der Waals surface area contributed by atoms with Gasteiger partial charge in [-0.15, -0.1) is 0 Å². The third kappa shape index (κ3) is 6.25. The molecule has 1 N–H and O–H groups in total. The maximum Gasteiger partial charge on any atom is 0.419 e. The molecule has 1 amide bonds. The van der Waals surface area contributed by atoms with Gasteiger partial charge < -0.3 is 15.1 Å². The van der Waals surface area contributed by atoms with Gasteiger partial charge in [0.05, 0.1) is 11.3 Å².